The molecular weight excluding hydrogens is 490 g/mol. The van der Waals surface area contributed by atoms with Crippen molar-refractivity contribution in [3.05, 3.63) is 46.2 Å². The van der Waals surface area contributed by atoms with Crippen LogP contribution in [0.2, 0.25) is 0 Å². The first-order valence-corrected chi connectivity index (χ1v) is 10.2. The van der Waals surface area contributed by atoms with E-state index in [0.717, 1.165) is 22.4 Å². The molecule has 2 rings (SSSR count). The molecule has 0 aliphatic rings. The average molecular weight is 512 g/mol. The van der Waals surface area contributed by atoms with Crippen molar-refractivity contribution in [1.29, 1.82) is 0 Å². The minimum atomic E-state index is -3.68. The Morgan fingerprint density at radius 1 is 1.27 bits per heavy atom. The number of rotatable bonds is 7. The molecule has 0 unspecified atom stereocenters. The van der Waals surface area contributed by atoms with Gasteiger partial charge in [-0.2, -0.15) is 0 Å². The summed E-state index contributed by atoms with van der Waals surface area (Å²) in [6.45, 7) is 2.77. The van der Waals surface area contributed by atoms with Crippen molar-refractivity contribution in [1.82, 2.24) is 15.6 Å². The van der Waals surface area contributed by atoms with Crippen LogP contribution in [0.25, 0.3) is 0 Å². The molecular formula is C16H22FIN4O2S2. The van der Waals surface area contributed by atoms with Crippen LogP contribution in [0.1, 0.15) is 9.88 Å². The summed E-state index contributed by atoms with van der Waals surface area (Å²) in [4.78, 5) is 9.20. The van der Waals surface area contributed by atoms with Gasteiger partial charge in [0.1, 0.15) is 10.7 Å². The van der Waals surface area contributed by atoms with E-state index in [-0.39, 0.29) is 41.2 Å². The van der Waals surface area contributed by atoms with E-state index >= 15 is 0 Å². The van der Waals surface area contributed by atoms with Crippen LogP contribution in [0.5, 0.6) is 0 Å². The third-order valence-electron chi connectivity index (χ3n) is 3.36. The quantitative estimate of drug-likeness (QED) is 0.338. The second kappa shape index (κ2) is 10.8. The number of halogens is 2. The predicted molar refractivity (Wildman–Crippen MR) is 114 cm³/mol. The van der Waals surface area contributed by atoms with Crippen LogP contribution in [0.3, 0.4) is 0 Å². The number of hydrogen-bond acceptors (Lipinski definition) is 5. The normalized spacial score (nSPS) is 11.7. The lowest BCUT2D eigenvalue weighted by molar-refractivity contribution is 0.566. The van der Waals surface area contributed by atoms with Gasteiger partial charge in [0.05, 0.1) is 10.8 Å². The molecule has 26 heavy (non-hydrogen) atoms. The van der Waals surface area contributed by atoms with Crippen molar-refractivity contribution < 1.29 is 12.8 Å². The van der Waals surface area contributed by atoms with Crippen molar-refractivity contribution in [2.75, 3.05) is 25.9 Å². The minimum Gasteiger partial charge on any atom is -0.356 e. The fraction of sp³-hybridized carbons (Fsp3) is 0.375. The third-order valence-corrected chi connectivity index (χ3v) is 6.07. The molecule has 0 aliphatic carbocycles. The molecule has 0 amide bonds. The number of hydrogen-bond donors (Lipinski definition) is 2. The highest BCUT2D eigenvalue weighted by molar-refractivity contribution is 14.0. The Kier molecular flexibility index (Phi) is 9.44. The summed E-state index contributed by atoms with van der Waals surface area (Å²) in [6.07, 6.45) is 2.59. The Morgan fingerprint density at radius 2 is 1.96 bits per heavy atom. The van der Waals surface area contributed by atoms with Crippen LogP contribution in [0.15, 0.2) is 40.4 Å². The number of sulfone groups is 1. The molecule has 0 atom stereocenters. The number of nitrogens with one attached hydrogen (secondary N) is 2. The molecule has 10 heteroatoms. The van der Waals surface area contributed by atoms with Crippen molar-refractivity contribution in [2.45, 2.75) is 18.2 Å². The molecule has 0 bridgehead atoms. The molecule has 144 valence electrons. The second-order valence-corrected chi connectivity index (χ2v) is 8.69. The first kappa shape index (κ1) is 22.8. The Balaban J connectivity index is 0.00000338. The maximum atomic E-state index is 13.6. The van der Waals surface area contributed by atoms with Crippen LogP contribution < -0.4 is 10.6 Å². The van der Waals surface area contributed by atoms with Gasteiger partial charge in [0.25, 0.3) is 0 Å². The molecule has 0 aliphatic heterocycles. The van der Waals surface area contributed by atoms with Crippen molar-refractivity contribution in [3.63, 3.8) is 0 Å². The molecule has 0 spiro atoms. The number of aliphatic imine (C=N–C) groups is 1. The molecule has 1 aromatic carbocycles. The summed E-state index contributed by atoms with van der Waals surface area (Å²) < 4.78 is 38.0. The lowest BCUT2D eigenvalue weighted by atomic mass is 10.3. The SMILES string of the molecule is CN=C(NCCc1ncc(C)s1)NCCS(=O)(=O)c1ccccc1F.I. The summed E-state index contributed by atoms with van der Waals surface area (Å²) in [5, 5.41) is 7.06. The Bertz CT molecular complexity index is 840. The number of guanidine groups is 1. The van der Waals surface area contributed by atoms with E-state index in [2.05, 4.69) is 20.6 Å². The zero-order chi connectivity index (χ0) is 18.3. The Morgan fingerprint density at radius 3 is 2.58 bits per heavy atom. The highest BCUT2D eigenvalue weighted by Crippen LogP contribution is 2.14. The van der Waals surface area contributed by atoms with Crippen molar-refractivity contribution in [3.8, 4) is 0 Å². The molecule has 0 radical (unpaired) electrons. The van der Waals surface area contributed by atoms with Gasteiger partial charge >= 0.3 is 0 Å². The fourth-order valence-electron chi connectivity index (χ4n) is 2.14. The molecule has 0 saturated carbocycles. The van der Waals surface area contributed by atoms with Gasteiger partial charge in [-0.25, -0.2) is 17.8 Å². The third kappa shape index (κ3) is 6.80. The van der Waals surface area contributed by atoms with E-state index in [9.17, 15) is 12.8 Å². The van der Waals surface area contributed by atoms with Crippen LogP contribution in [-0.4, -0.2) is 45.3 Å². The number of thiazole rings is 1. The largest absolute Gasteiger partial charge is 0.356 e. The van der Waals surface area contributed by atoms with Gasteiger partial charge in [-0.05, 0) is 19.1 Å². The summed E-state index contributed by atoms with van der Waals surface area (Å²) in [7, 11) is -2.08. The molecule has 6 nitrogen and oxygen atoms in total. The number of benzene rings is 1. The van der Waals surface area contributed by atoms with Gasteiger partial charge in [-0.15, -0.1) is 35.3 Å². The minimum absolute atomic E-state index is 0. The predicted octanol–water partition coefficient (Wildman–Crippen LogP) is 2.39. The van der Waals surface area contributed by atoms with Gasteiger partial charge in [-0.1, -0.05) is 12.1 Å². The standard InChI is InChI=1S/C16H21FN4O2S2.HI/c1-12-11-21-15(24-12)7-8-19-16(18-2)20-9-10-25(22,23)14-6-4-3-5-13(14)17;/h3-6,11H,7-10H2,1-2H3,(H2,18,19,20);1H. The van der Waals surface area contributed by atoms with Gasteiger partial charge in [0.2, 0.25) is 0 Å². The van der Waals surface area contributed by atoms with Crippen LogP contribution in [0, 0.1) is 12.7 Å². The van der Waals surface area contributed by atoms with E-state index in [1.165, 1.54) is 18.2 Å². The first-order valence-electron chi connectivity index (χ1n) is 7.75. The molecule has 2 aromatic rings. The number of nitrogens with zero attached hydrogens (tertiary/aromatic N) is 2. The Labute approximate surface area is 174 Å². The van der Waals surface area contributed by atoms with Crippen LogP contribution in [0.4, 0.5) is 4.39 Å². The Hall–Kier alpha value is -1.27. The number of aromatic nitrogens is 1. The van der Waals surface area contributed by atoms with E-state index < -0.39 is 15.7 Å². The highest BCUT2D eigenvalue weighted by atomic mass is 127. The summed E-state index contributed by atoms with van der Waals surface area (Å²) in [5.74, 6) is -0.457. The molecule has 1 aromatic heterocycles. The smallest absolute Gasteiger partial charge is 0.191 e. The lowest BCUT2D eigenvalue weighted by Gasteiger charge is -2.11. The molecule has 2 N–H and O–H groups in total. The van der Waals surface area contributed by atoms with Crippen molar-refractivity contribution >= 4 is 51.1 Å². The lowest BCUT2D eigenvalue weighted by Crippen LogP contribution is -2.40. The summed E-state index contributed by atoms with van der Waals surface area (Å²) in [5.41, 5.74) is 0. The first-order chi connectivity index (χ1) is 11.9. The van der Waals surface area contributed by atoms with E-state index in [1.54, 1.807) is 18.4 Å². The van der Waals surface area contributed by atoms with Gasteiger partial charge in [0, 0.05) is 37.6 Å². The van der Waals surface area contributed by atoms with E-state index in [0.29, 0.717) is 12.5 Å². The fourth-order valence-corrected chi connectivity index (χ4v) is 4.16. The average Bonchev–Trinajstić information content (AvgIpc) is 2.99. The molecule has 0 fully saturated rings. The zero-order valence-electron chi connectivity index (χ0n) is 14.5. The summed E-state index contributed by atoms with van der Waals surface area (Å²) >= 11 is 1.64. The summed E-state index contributed by atoms with van der Waals surface area (Å²) in [6, 6.07) is 5.38. The van der Waals surface area contributed by atoms with E-state index in [1.807, 2.05) is 13.1 Å². The van der Waals surface area contributed by atoms with Crippen LogP contribution >= 0.6 is 35.3 Å². The second-order valence-electron chi connectivity index (χ2n) is 5.29. The number of aryl methyl sites for hydroxylation is 1. The van der Waals surface area contributed by atoms with Gasteiger partial charge in [-0.3, -0.25) is 4.99 Å². The topological polar surface area (TPSA) is 83.4 Å². The van der Waals surface area contributed by atoms with E-state index in [4.69, 9.17) is 0 Å². The molecule has 0 saturated heterocycles. The zero-order valence-corrected chi connectivity index (χ0v) is 18.5. The highest BCUT2D eigenvalue weighted by Gasteiger charge is 2.18. The van der Waals surface area contributed by atoms with Gasteiger partial charge in [0.15, 0.2) is 15.8 Å². The monoisotopic (exact) mass is 512 g/mol. The molecule has 1 heterocycles. The van der Waals surface area contributed by atoms with Gasteiger partial charge < -0.3 is 10.6 Å². The van der Waals surface area contributed by atoms with Crippen LogP contribution in [-0.2, 0) is 16.3 Å². The van der Waals surface area contributed by atoms with Crippen molar-refractivity contribution in [2.24, 2.45) is 4.99 Å². The maximum Gasteiger partial charge on any atom is 0.191 e. The maximum absolute atomic E-state index is 13.6.